The molecule has 2 aromatic heterocycles. The van der Waals surface area contributed by atoms with Crippen LogP contribution < -0.4 is 4.74 Å². The molecule has 2 aromatic carbocycles. The van der Waals surface area contributed by atoms with E-state index in [1.165, 1.54) is 64.0 Å². The van der Waals surface area contributed by atoms with Crippen molar-refractivity contribution in [2.75, 3.05) is 27.8 Å². The number of aromatic hydroxyl groups is 1. The predicted molar refractivity (Wildman–Crippen MR) is 156 cm³/mol. The second-order valence-corrected chi connectivity index (χ2v) is 8.63. The van der Waals surface area contributed by atoms with Gasteiger partial charge < -0.3 is 19.3 Å². The van der Waals surface area contributed by atoms with E-state index in [4.69, 9.17) is 4.74 Å². The minimum atomic E-state index is -0.809. The Morgan fingerprint density at radius 3 is 1.86 bits per heavy atom. The molecule has 1 amide bonds. The summed E-state index contributed by atoms with van der Waals surface area (Å²) in [7, 11) is 3.97. The second-order valence-electron chi connectivity index (χ2n) is 8.63. The normalized spacial score (nSPS) is 9.91. The zero-order valence-corrected chi connectivity index (χ0v) is 24.2. The SMILES string of the molecule is CCCC(=O)OC.COC(=O)CN(C)C(=O)Oc1ccc([N+](=O)[O-])c2cccnc12.O=[N+]([O-])c1ccc(O)c2ncccc12. The molecule has 0 spiro atoms. The number of phenols is 1. The van der Waals surface area contributed by atoms with Crippen molar-refractivity contribution in [1.82, 2.24) is 14.9 Å². The van der Waals surface area contributed by atoms with Gasteiger partial charge in [-0.1, -0.05) is 6.92 Å². The molecule has 0 aliphatic rings. The molecule has 1 N–H and O–H groups in total. The molecule has 0 bridgehead atoms. The van der Waals surface area contributed by atoms with Crippen LogP contribution in [0.2, 0.25) is 0 Å². The number of rotatable bonds is 7. The Balaban J connectivity index is 0.000000271. The number of nitro groups is 2. The van der Waals surface area contributed by atoms with Crippen LogP contribution in [0, 0.1) is 20.2 Å². The van der Waals surface area contributed by atoms with Crippen LogP contribution in [0.3, 0.4) is 0 Å². The van der Waals surface area contributed by atoms with Gasteiger partial charge in [0.15, 0.2) is 5.75 Å². The fraction of sp³-hybridized carbons (Fsp3) is 0.250. The van der Waals surface area contributed by atoms with E-state index in [1.54, 1.807) is 18.2 Å². The fourth-order valence-corrected chi connectivity index (χ4v) is 3.48. The summed E-state index contributed by atoms with van der Waals surface area (Å²) in [5.74, 6) is -0.710. The van der Waals surface area contributed by atoms with Gasteiger partial charge in [-0.05, 0) is 42.8 Å². The molecular formula is C28H29N5O11. The molecule has 16 nitrogen and oxygen atoms in total. The van der Waals surface area contributed by atoms with E-state index in [2.05, 4.69) is 19.4 Å². The van der Waals surface area contributed by atoms with E-state index in [9.17, 15) is 39.7 Å². The van der Waals surface area contributed by atoms with Crippen LogP contribution in [0.4, 0.5) is 16.2 Å². The lowest BCUT2D eigenvalue weighted by atomic mass is 10.1. The van der Waals surface area contributed by atoms with E-state index < -0.39 is 21.9 Å². The third kappa shape index (κ3) is 9.30. The number of non-ortho nitro benzene ring substituents is 2. The van der Waals surface area contributed by atoms with Crippen molar-refractivity contribution in [3.05, 3.63) is 81.2 Å². The van der Waals surface area contributed by atoms with Crippen LogP contribution in [-0.4, -0.2) is 75.7 Å². The highest BCUT2D eigenvalue weighted by Crippen LogP contribution is 2.32. The van der Waals surface area contributed by atoms with Crippen molar-refractivity contribution in [2.24, 2.45) is 0 Å². The number of hydrogen-bond donors (Lipinski definition) is 1. The van der Waals surface area contributed by atoms with E-state index in [0.717, 1.165) is 11.3 Å². The monoisotopic (exact) mass is 611 g/mol. The number of fused-ring (bicyclic) bond motifs is 2. The fourth-order valence-electron chi connectivity index (χ4n) is 3.48. The second kappa shape index (κ2) is 16.5. The Morgan fingerprint density at radius 2 is 1.36 bits per heavy atom. The van der Waals surface area contributed by atoms with Crippen molar-refractivity contribution in [1.29, 1.82) is 0 Å². The molecule has 4 rings (SSSR count). The lowest BCUT2D eigenvalue weighted by molar-refractivity contribution is -0.383. The van der Waals surface area contributed by atoms with Crippen molar-refractivity contribution < 1.29 is 43.5 Å². The van der Waals surface area contributed by atoms with Crippen LogP contribution in [0.15, 0.2) is 60.9 Å². The maximum atomic E-state index is 12.0. The molecule has 4 aromatic rings. The zero-order chi connectivity index (χ0) is 32.8. The number of nitrogens with zero attached hydrogens (tertiary/aromatic N) is 5. The molecular weight excluding hydrogens is 582 g/mol. The number of aromatic nitrogens is 2. The van der Waals surface area contributed by atoms with E-state index in [1.807, 2.05) is 6.92 Å². The Labute approximate surface area is 250 Å². The van der Waals surface area contributed by atoms with Crippen molar-refractivity contribution >= 4 is 51.2 Å². The molecule has 44 heavy (non-hydrogen) atoms. The number of carbonyl (C=O) groups excluding carboxylic acids is 3. The van der Waals surface area contributed by atoms with Gasteiger partial charge in [-0.25, -0.2) is 4.79 Å². The average Bonchev–Trinajstić information content (AvgIpc) is 3.01. The van der Waals surface area contributed by atoms with Gasteiger partial charge in [0, 0.05) is 38.0 Å². The van der Waals surface area contributed by atoms with Gasteiger partial charge in [-0.2, -0.15) is 0 Å². The minimum Gasteiger partial charge on any atom is -0.506 e. The number of esters is 2. The number of methoxy groups -OCH3 is 2. The number of benzene rings is 2. The minimum absolute atomic E-state index is 0.0498. The first-order valence-electron chi connectivity index (χ1n) is 12.7. The Hall–Kier alpha value is -5.93. The molecule has 0 aliphatic carbocycles. The topological polar surface area (TPSA) is 214 Å². The summed E-state index contributed by atoms with van der Waals surface area (Å²) in [4.78, 5) is 62.8. The smallest absolute Gasteiger partial charge is 0.415 e. The van der Waals surface area contributed by atoms with Crippen molar-refractivity contribution in [3.63, 3.8) is 0 Å². The number of pyridine rings is 2. The first-order chi connectivity index (χ1) is 20.9. The van der Waals surface area contributed by atoms with E-state index in [-0.39, 0.29) is 51.8 Å². The molecule has 0 fully saturated rings. The summed E-state index contributed by atoms with van der Waals surface area (Å²) >= 11 is 0. The maximum absolute atomic E-state index is 12.0. The zero-order valence-electron chi connectivity index (χ0n) is 24.2. The summed E-state index contributed by atoms with van der Waals surface area (Å²) in [5.41, 5.74) is 0.241. The van der Waals surface area contributed by atoms with Gasteiger partial charge in [0.2, 0.25) is 0 Å². The third-order valence-corrected chi connectivity index (χ3v) is 5.61. The summed E-state index contributed by atoms with van der Waals surface area (Å²) in [6.07, 6.45) is 3.51. The van der Waals surface area contributed by atoms with Crippen LogP contribution in [0.25, 0.3) is 21.8 Å². The van der Waals surface area contributed by atoms with Crippen molar-refractivity contribution in [2.45, 2.75) is 19.8 Å². The summed E-state index contributed by atoms with van der Waals surface area (Å²) < 4.78 is 14.0. The molecule has 0 saturated heterocycles. The number of phenolic OH excluding ortho intramolecular Hbond substituents is 1. The lowest BCUT2D eigenvalue weighted by Gasteiger charge is -2.15. The number of amides is 1. The van der Waals surface area contributed by atoms with Crippen LogP contribution >= 0.6 is 0 Å². The predicted octanol–water partition coefficient (Wildman–Crippen LogP) is 4.55. The van der Waals surface area contributed by atoms with Crippen LogP contribution in [0.5, 0.6) is 11.5 Å². The molecule has 232 valence electrons. The first kappa shape index (κ1) is 34.3. The van der Waals surface area contributed by atoms with Crippen LogP contribution in [0.1, 0.15) is 19.8 Å². The van der Waals surface area contributed by atoms with E-state index in [0.29, 0.717) is 11.8 Å². The number of nitro benzene ring substituents is 2. The number of carbonyl (C=O) groups is 3. The first-order valence-corrected chi connectivity index (χ1v) is 12.7. The summed E-state index contributed by atoms with van der Waals surface area (Å²) in [5, 5.41) is 31.6. The van der Waals surface area contributed by atoms with Gasteiger partial charge in [-0.3, -0.25) is 44.7 Å². The number of hydrogen-bond acceptors (Lipinski definition) is 13. The molecule has 0 saturated carbocycles. The highest BCUT2D eigenvalue weighted by molar-refractivity contribution is 5.94. The quantitative estimate of drug-likeness (QED) is 0.173. The van der Waals surface area contributed by atoms with Gasteiger partial charge in [0.1, 0.15) is 23.3 Å². The molecule has 0 radical (unpaired) electrons. The van der Waals surface area contributed by atoms with Crippen LogP contribution in [-0.2, 0) is 19.1 Å². The Kier molecular flexibility index (Phi) is 12.8. The third-order valence-electron chi connectivity index (χ3n) is 5.61. The Morgan fingerprint density at radius 1 is 0.841 bits per heavy atom. The van der Waals surface area contributed by atoms with E-state index >= 15 is 0 Å². The Bertz CT molecular complexity index is 1660. The average molecular weight is 612 g/mol. The highest BCUT2D eigenvalue weighted by Gasteiger charge is 2.20. The molecule has 2 heterocycles. The van der Waals surface area contributed by atoms with Gasteiger partial charge in [0.05, 0.1) is 34.8 Å². The summed E-state index contributed by atoms with van der Waals surface area (Å²) in [6.45, 7) is 1.66. The number of ether oxygens (including phenoxy) is 3. The maximum Gasteiger partial charge on any atom is 0.415 e. The summed E-state index contributed by atoms with van der Waals surface area (Å²) in [6, 6.07) is 11.3. The molecule has 0 unspecified atom stereocenters. The molecule has 0 atom stereocenters. The molecule has 0 aliphatic heterocycles. The van der Waals surface area contributed by atoms with Crippen molar-refractivity contribution in [3.8, 4) is 11.5 Å². The lowest BCUT2D eigenvalue weighted by Crippen LogP contribution is -2.34. The van der Waals surface area contributed by atoms with Gasteiger partial charge in [0.25, 0.3) is 11.4 Å². The standard InChI is InChI=1S/C14H13N3O6.C9H6N2O3.C5H10O2/c1-16(8-12(18)22-2)14(19)23-11-6-5-10(17(20)21)9-4-3-7-15-13(9)11;12-8-4-3-7(11(13)14)6-2-1-5-10-9(6)8;1-3-4-5(6)7-2/h3-7H,8H2,1-2H3;1-5,12H;3-4H2,1-2H3. The van der Waals surface area contributed by atoms with Gasteiger partial charge in [-0.15, -0.1) is 0 Å². The van der Waals surface area contributed by atoms with Gasteiger partial charge >= 0.3 is 18.0 Å². The highest BCUT2D eigenvalue weighted by atomic mass is 16.6. The molecule has 16 heteroatoms. The number of likely N-dealkylation sites (N-methyl/N-ethyl adjacent to an activating group) is 1. The largest absolute Gasteiger partial charge is 0.506 e.